The number of nitrogens with zero attached hydrogens (tertiary/aromatic N) is 1. The molecule has 1 aromatic carbocycles. The van der Waals surface area contributed by atoms with E-state index in [1.165, 1.54) is 12.0 Å². The van der Waals surface area contributed by atoms with Gasteiger partial charge in [0.25, 0.3) is 0 Å². The Labute approximate surface area is 111 Å². The Morgan fingerprint density at radius 1 is 1.42 bits per heavy atom. The number of nitrogens with one attached hydrogen (secondary N) is 1. The maximum Gasteiger partial charge on any atom is 0.410 e. The van der Waals surface area contributed by atoms with E-state index in [-0.39, 0.29) is 19.2 Å². The van der Waals surface area contributed by atoms with Crippen LogP contribution in [0.1, 0.15) is 5.56 Å². The Balaban J connectivity index is 1.81. The van der Waals surface area contributed by atoms with Crippen molar-refractivity contribution in [2.75, 3.05) is 20.2 Å². The highest BCUT2D eigenvalue weighted by Crippen LogP contribution is 2.12. The average molecular weight is 266 g/mol. The highest BCUT2D eigenvalue weighted by atomic mass is 16.6. The van der Waals surface area contributed by atoms with Gasteiger partial charge in [-0.05, 0) is 5.56 Å². The molecule has 0 radical (unpaired) electrons. The van der Waals surface area contributed by atoms with Gasteiger partial charge in [-0.2, -0.15) is 5.48 Å². The highest BCUT2D eigenvalue weighted by molar-refractivity contribution is 5.68. The number of hydroxylamine groups is 1. The molecule has 1 fully saturated rings. The van der Waals surface area contributed by atoms with Gasteiger partial charge >= 0.3 is 6.09 Å². The number of benzene rings is 1. The number of aliphatic hydroxyl groups excluding tert-OH is 1. The zero-order valence-electron chi connectivity index (χ0n) is 10.8. The predicted molar refractivity (Wildman–Crippen MR) is 68.1 cm³/mol. The monoisotopic (exact) mass is 266 g/mol. The molecule has 1 saturated heterocycles. The van der Waals surface area contributed by atoms with Gasteiger partial charge in [0.15, 0.2) is 0 Å². The molecule has 19 heavy (non-hydrogen) atoms. The van der Waals surface area contributed by atoms with E-state index < -0.39 is 12.2 Å². The number of amides is 1. The SMILES string of the molecule is CON[C@H]1CN(C(=O)OCc2ccccc2)C[C@H]1O. The predicted octanol–water partition coefficient (Wildman–Crippen LogP) is 0.519. The first kappa shape index (κ1) is 13.8. The number of rotatable bonds is 4. The molecule has 2 N–H and O–H groups in total. The van der Waals surface area contributed by atoms with Crippen molar-refractivity contribution in [3.05, 3.63) is 35.9 Å². The lowest BCUT2D eigenvalue weighted by Crippen LogP contribution is -2.38. The van der Waals surface area contributed by atoms with Crippen LogP contribution in [-0.2, 0) is 16.2 Å². The summed E-state index contributed by atoms with van der Waals surface area (Å²) < 4.78 is 5.19. The third-order valence-corrected chi connectivity index (χ3v) is 3.02. The van der Waals surface area contributed by atoms with E-state index in [9.17, 15) is 9.90 Å². The summed E-state index contributed by atoms with van der Waals surface area (Å²) >= 11 is 0. The minimum atomic E-state index is -0.649. The van der Waals surface area contributed by atoms with E-state index in [0.717, 1.165) is 5.56 Å². The van der Waals surface area contributed by atoms with Crippen LogP contribution in [0.25, 0.3) is 0 Å². The molecule has 0 bridgehead atoms. The van der Waals surface area contributed by atoms with Crippen molar-refractivity contribution >= 4 is 6.09 Å². The summed E-state index contributed by atoms with van der Waals surface area (Å²) in [5, 5.41) is 9.73. The lowest BCUT2D eigenvalue weighted by atomic mass is 10.2. The molecule has 2 atom stereocenters. The average Bonchev–Trinajstić information content (AvgIpc) is 2.79. The van der Waals surface area contributed by atoms with Crippen molar-refractivity contribution in [3.63, 3.8) is 0 Å². The summed E-state index contributed by atoms with van der Waals surface area (Å²) in [5.41, 5.74) is 3.59. The van der Waals surface area contributed by atoms with Gasteiger partial charge < -0.3 is 19.6 Å². The van der Waals surface area contributed by atoms with Crippen LogP contribution in [0.2, 0.25) is 0 Å². The molecule has 2 rings (SSSR count). The van der Waals surface area contributed by atoms with E-state index in [0.29, 0.717) is 6.54 Å². The van der Waals surface area contributed by atoms with E-state index in [1.807, 2.05) is 30.3 Å². The first-order chi connectivity index (χ1) is 9.20. The van der Waals surface area contributed by atoms with Gasteiger partial charge in [-0.15, -0.1) is 0 Å². The largest absolute Gasteiger partial charge is 0.445 e. The molecule has 1 amide bonds. The van der Waals surface area contributed by atoms with Gasteiger partial charge in [0, 0.05) is 6.54 Å². The number of carbonyl (C=O) groups is 1. The number of hydrogen-bond acceptors (Lipinski definition) is 5. The summed E-state index contributed by atoms with van der Waals surface area (Å²) in [6.45, 7) is 0.839. The molecule has 0 aromatic heterocycles. The Kier molecular flexibility index (Phi) is 4.73. The topological polar surface area (TPSA) is 71.0 Å². The van der Waals surface area contributed by atoms with Gasteiger partial charge in [0.2, 0.25) is 0 Å². The summed E-state index contributed by atoms with van der Waals surface area (Å²) in [6, 6.07) is 9.18. The lowest BCUT2D eigenvalue weighted by Gasteiger charge is -2.16. The smallest absolute Gasteiger partial charge is 0.410 e. The van der Waals surface area contributed by atoms with Crippen LogP contribution in [0.15, 0.2) is 30.3 Å². The second-order valence-electron chi connectivity index (χ2n) is 4.44. The standard InChI is InChI=1S/C13H18N2O4/c1-18-14-11-7-15(8-12(11)16)13(17)19-9-10-5-3-2-4-6-10/h2-6,11-12,14,16H,7-9H2,1H3/t11-,12+/m0/s1. The highest BCUT2D eigenvalue weighted by Gasteiger charge is 2.34. The Morgan fingerprint density at radius 2 is 2.16 bits per heavy atom. The number of hydrogen-bond donors (Lipinski definition) is 2. The molecule has 1 heterocycles. The molecule has 104 valence electrons. The normalized spacial score (nSPS) is 22.5. The van der Waals surface area contributed by atoms with Crippen LogP contribution in [-0.4, -0.2) is 48.4 Å². The van der Waals surface area contributed by atoms with Gasteiger partial charge in [0.05, 0.1) is 25.8 Å². The number of likely N-dealkylation sites (tertiary alicyclic amines) is 1. The van der Waals surface area contributed by atoms with Crippen LogP contribution < -0.4 is 5.48 Å². The van der Waals surface area contributed by atoms with E-state index >= 15 is 0 Å². The fraction of sp³-hybridized carbons (Fsp3) is 0.462. The third kappa shape index (κ3) is 3.66. The number of carbonyl (C=O) groups excluding carboxylic acids is 1. The first-order valence-corrected chi connectivity index (χ1v) is 6.13. The van der Waals surface area contributed by atoms with Gasteiger partial charge in [-0.25, -0.2) is 4.79 Å². The molecule has 0 unspecified atom stereocenters. The van der Waals surface area contributed by atoms with Crippen LogP contribution in [0.3, 0.4) is 0 Å². The van der Waals surface area contributed by atoms with Crippen molar-refractivity contribution in [2.45, 2.75) is 18.8 Å². The minimum absolute atomic E-state index is 0.231. The first-order valence-electron chi connectivity index (χ1n) is 6.13. The van der Waals surface area contributed by atoms with E-state index in [1.54, 1.807) is 0 Å². The lowest BCUT2D eigenvalue weighted by molar-refractivity contribution is 0.0259. The van der Waals surface area contributed by atoms with Crippen molar-refractivity contribution in [1.29, 1.82) is 0 Å². The zero-order valence-corrected chi connectivity index (χ0v) is 10.8. The number of ether oxygens (including phenoxy) is 1. The van der Waals surface area contributed by atoms with Crippen molar-refractivity contribution in [3.8, 4) is 0 Å². The fourth-order valence-corrected chi connectivity index (χ4v) is 2.01. The summed E-state index contributed by atoms with van der Waals surface area (Å²) in [4.78, 5) is 18.1. The van der Waals surface area contributed by atoms with Crippen LogP contribution in [0, 0.1) is 0 Å². The maximum absolute atomic E-state index is 11.8. The Morgan fingerprint density at radius 3 is 2.84 bits per heavy atom. The summed E-state index contributed by atoms with van der Waals surface area (Å²) in [7, 11) is 1.48. The van der Waals surface area contributed by atoms with Crippen LogP contribution in [0.5, 0.6) is 0 Å². The molecular formula is C13H18N2O4. The van der Waals surface area contributed by atoms with E-state index in [4.69, 9.17) is 9.57 Å². The van der Waals surface area contributed by atoms with Gasteiger partial charge in [-0.3, -0.25) is 0 Å². The molecule has 1 aromatic rings. The Bertz CT molecular complexity index is 412. The number of aliphatic hydroxyl groups is 1. The fourth-order valence-electron chi connectivity index (χ4n) is 2.01. The minimum Gasteiger partial charge on any atom is -0.445 e. The molecular weight excluding hydrogens is 248 g/mol. The number of β-amino-alcohol motifs (C(OH)–C–C–N with tert-alkyl or cyclic N) is 1. The second kappa shape index (κ2) is 6.51. The molecule has 1 aliphatic rings. The van der Waals surface area contributed by atoms with Crippen molar-refractivity contribution < 1.29 is 19.5 Å². The molecule has 0 spiro atoms. The van der Waals surface area contributed by atoms with Gasteiger partial charge in [-0.1, -0.05) is 30.3 Å². The van der Waals surface area contributed by atoms with Crippen molar-refractivity contribution in [1.82, 2.24) is 10.4 Å². The molecule has 0 saturated carbocycles. The maximum atomic E-state index is 11.8. The zero-order chi connectivity index (χ0) is 13.7. The molecule has 1 aliphatic heterocycles. The van der Waals surface area contributed by atoms with E-state index in [2.05, 4.69) is 5.48 Å². The van der Waals surface area contributed by atoms with Gasteiger partial charge in [0.1, 0.15) is 6.61 Å². The molecule has 0 aliphatic carbocycles. The Hall–Kier alpha value is -1.63. The molecule has 6 heteroatoms. The summed E-state index contributed by atoms with van der Waals surface area (Å²) in [6.07, 6.45) is -1.08. The third-order valence-electron chi connectivity index (χ3n) is 3.02. The quantitative estimate of drug-likeness (QED) is 0.777. The summed E-state index contributed by atoms with van der Waals surface area (Å²) in [5.74, 6) is 0. The molecule has 6 nitrogen and oxygen atoms in total. The van der Waals surface area contributed by atoms with Crippen LogP contribution >= 0.6 is 0 Å². The second-order valence-corrected chi connectivity index (χ2v) is 4.44. The van der Waals surface area contributed by atoms with Crippen molar-refractivity contribution in [2.24, 2.45) is 0 Å². The van der Waals surface area contributed by atoms with Crippen LogP contribution in [0.4, 0.5) is 4.79 Å².